The molecule has 1 heterocycles. The molecule has 3 rings (SSSR count). The Balaban J connectivity index is 2.14. The normalized spacial score (nSPS) is 18.7. The second kappa shape index (κ2) is 3.04. The Kier molecular flexibility index (Phi) is 1.80. The third-order valence-corrected chi connectivity index (χ3v) is 3.35. The molecule has 2 N–H and O–H groups in total. The van der Waals surface area contributed by atoms with Gasteiger partial charge >= 0.3 is 0 Å². The first-order chi connectivity index (χ1) is 7.28. The highest BCUT2D eigenvalue weighted by Gasteiger charge is 2.35. The van der Waals surface area contributed by atoms with Gasteiger partial charge in [0, 0.05) is 5.39 Å². The highest BCUT2D eigenvalue weighted by molar-refractivity contribution is 5.78. The number of hydrogen-bond donors (Lipinski definition) is 1. The first kappa shape index (κ1) is 8.86. The van der Waals surface area contributed by atoms with Crippen molar-refractivity contribution < 1.29 is 0 Å². The minimum atomic E-state index is -0.149. The van der Waals surface area contributed by atoms with Crippen molar-refractivity contribution in [3.8, 4) is 0 Å². The van der Waals surface area contributed by atoms with Gasteiger partial charge in [-0.25, -0.2) is 0 Å². The summed E-state index contributed by atoms with van der Waals surface area (Å²) in [5.41, 5.74) is 8.20. The minimum absolute atomic E-state index is 0.149. The van der Waals surface area contributed by atoms with Gasteiger partial charge in [0.15, 0.2) is 0 Å². The fourth-order valence-corrected chi connectivity index (χ4v) is 2.16. The lowest BCUT2D eigenvalue weighted by Gasteiger charge is -2.37. The molecule has 0 saturated heterocycles. The van der Waals surface area contributed by atoms with Crippen molar-refractivity contribution in [1.29, 1.82) is 0 Å². The molecule has 0 bridgehead atoms. The number of nitrogens with zero attached hydrogens (tertiary/aromatic N) is 1. The molecule has 0 atom stereocenters. The predicted molar refractivity (Wildman–Crippen MR) is 61.5 cm³/mol. The summed E-state index contributed by atoms with van der Waals surface area (Å²) in [6.07, 6.45) is 3.36. The summed E-state index contributed by atoms with van der Waals surface area (Å²) in [4.78, 5) is 4.64. The van der Waals surface area contributed by atoms with Gasteiger partial charge in [0.1, 0.15) is 0 Å². The Labute approximate surface area is 89.1 Å². The average Bonchev–Trinajstić information content (AvgIpc) is 2.25. The molecule has 2 aromatic rings. The van der Waals surface area contributed by atoms with Crippen molar-refractivity contribution in [3.63, 3.8) is 0 Å². The van der Waals surface area contributed by atoms with E-state index in [4.69, 9.17) is 5.73 Å². The third-order valence-electron chi connectivity index (χ3n) is 3.35. The van der Waals surface area contributed by atoms with E-state index >= 15 is 0 Å². The van der Waals surface area contributed by atoms with Crippen LogP contribution in [0.15, 0.2) is 36.4 Å². The third kappa shape index (κ3) is 1.33. The molecule has 76 valence electrons. The molecule has 0 spiro atoms. The van der Waals surface area contributed by atoms with Crippen molar-refractivity contribution in [1.82, 2.24) is 4.98 Å². The van der Waals surface area contributed by atoms with E-state index in [0.29, 0.717) is 0 Å². The second-order valence-corrected chi connectivity index (χ2v) is 4.40. The van der Waals surface area contributed by atoms with Gasteiger partial charge in [0.25, 0.3) is 0 Å². The van der Waals surface area contributed by atoms with E-state index in [2.05, 4.69) is 23.2 Å². The van der Waals surface area contributed by atoms with Crippen LogP contribution >= 0.6 is 0 Å². The van der Waals surface area contributed by atoms with Crippen LogP contribution in [0.1, 0.15) is 25.0 Å². The predicted octanol–water partition coefficient (Wildman–Crippen LogP) is 2.57. The maximum atomic E-state index is 6.25. The van der Waals surface area contributed by atoms with Crippen molar-refractivity contribution in [2.45, 2.75) is 24.8 Å². The van der Waals surface area contributed by atoms with E-state index in [0.717, 1.165) is 24.1 Å². The molecule has 1 aromatic carbocycles. The quantitative estimate of drug-likeness (QED) is 0.764. The van der Waals surface area contributed by atoms with Crippen molar-refractivity contribution in [2.24, 2.45) is 5.73 Å². The Bertz CT molecular complexity index is 501. The number of fused-ring (bicyclic) bond motifs is 1. The summed E-state index contributed by atoms with van der Waals surface area (Å²) >= 11 is 0. The van der Waals surface area contributed by atoms with Crippen LogP contribution in [0, 0.1) is 0 Å². The smallest absolute Gasteiger partial charge is 0.0706 e. The zero-order valence-corrected chi connectivity index (χ0v) is 8.61. The molecule has 0 radical (unpaired) electrons. The van der Waals surface area contributed by atoms with Crippen LogP contribution in [0.25, 0.3) is 10.9 Å². The molecule has 1 fully saturated rings. The first-order valence-electron chi connectivity index (χ1n) is 5.43. The van der Waals surface area contributed by atoms with Gasteiger partial charge in [-0.2, -0.15) is 0 Å². The van der Waals surface area contributed by atoms with E-state index in [1.807, 2.05) is 18.2 Å². The maximum absolute atomic E-state index is 6.25. The SMILES string of the molecule is NC1(c2ccc3ccccc3n2)CCC1. The van der Waals surface area contributed by atoms with Gasteiger partial charge in [-0.15, -0.1) is 0 Å². The van der Waals surface area contributed by atoms with Gasteiger partial charge in [0.05, 0.1) is 16.7 Å². The number of rotatable bonds is 1. The Morgan fingerprint density at radius 3 is 2.60 bits per heavy atom. The van der Waals surface area contributed by atoms with Crippen LogP contribution in [0.3, 0.4) is 0 Å². The largest absolute Gasteiger partial charge is 0.320 e. The molecule has 1 aromatic heterocycles. The van der Waals surface area contributed by atoms with Gasteiger partial charge in [-0.05, 0) is 31.4 Å². The van der Waals surface area contributed by atoms with Crippen molar-refractivity contribution >= 4 is 10.9 Å². The highest BCUT2D eigenvalue weighted by Crippen LogP contribution is 2.37. The number of pyridine rings is 1. The lowest BCUT2D eigenvalue weighted by Crippen LogP contribution is -2.43. The van der Waals surface area contributed by atoms with Crippen LogP contribution in [0.5, 0.6) is 0 Å². The second-order valence-electron chi connectivity index (χ2n) is 4.40. The molecule has 1 aliphatic carbocycles. The lowest BCUT2D eigenvalue weighted by molar-refractivity contribution is 0.247. The minimum Gasteiger partial charge on any atom is -0.320 e. The molecule has 2 heteroatoms. The first-order valence-corrected chi connectivity index (χ1v) is 5.43. The summed E-state index contributed by atoms with van der Waals surface area (Å²) < 4.78 is 0. The van der Waals surface area contributed by atoms with Gasteiger partial charge < -0.3 is 5.73 Å². The standard InChI is InChI=1S/C13H14N2/c14-13(8-3-9-13)12-7-6-10-4-1-2-5-11(10)15-12/h1-2,4-7H,3,8-9,14H2. The fraction of sp³-hybridized carbons (Fsp3) is 0.308. The molecule has 1 aliphatic rings. The Morgan fingerprint density at radius 1 is 1.07 bits per heavy atom. The van der Waals surface area contributed by atoms with E-state index in [-0.39, 0.29) is 5.54 Å². The van der Waals surface area contributed by atoms with Crippen molar-refractivity contribution in [2.75, 3.05) is 0 Å². The summed E-state index contributed by atoms with van der Waals surface area (Å²) in [5.74, 6) is 0. The van der Waals surface area contributed by atoms with Crippen LogP contribution in [-0.2, 0) is 5.54 Å². The fourth-order valence-electron chi connectivity index (χ4n) is 2.16. The molecule has 0 aliphatic heterocycles. The molecular weight excluding hydrogens is 184 g/mol. The molecule has 0 unspecified atom stereocenters. The van der Waals surface area contributed by atoms with E-state index in [1.54, 1.807) is 0 Å². The van der Waals surface area contributed by atoms with Crippen LogP contribution in [0.4, 0.5) is 0 Å². The molecule has 0 amide bonds. The highest BCUT2D eigenvalue weighted by atomic mass is 14.9. The summed E-state index contributed by atoms with van der Waals surface area (Å²) in [6, 6.07) is 12.4. The van der Waals surface area contributed by atoms with Crippen LogP contribution < -0.4 is 5.73 Å². The van der Waals surface area contributed by atoms with Gasteiger partial charge in [0.2, 0.25) is 0 Å². The van der Waals surface area contributed by atoms with Crippen LogP contribution in [-0.4, -0.2) is 4.98 Å². The van der Waals surface area contributed by atoms with Crippen molar-refractivity contribution in [3.05, 3.63) is 42.1 Å². The maximum Gasteiger partial charge on any atom is 0.0706 e. The monoisotopic (exact) mass is 198 g/mol. The van der Waals surface area contributed by atoms with Gasteiger partial charge in [-0.1, -0.05) is 24.3 Å². The lowest BCUT2D eigenvalue weighted by atomic mass is 9.75. The van der Waals surface area contributed by atoms with E-state index in [9.17, 15) is 0 Å². The van der Waals surface area contributed by atoms with E-state index < -0.39 is 0 Å². The topological polar surface area (TPSA) is 38.9 Å². The average molecular weight is 198 g/mol. The molecule has 1 saturated carbocycles. The zero-order valence-electron chi connectivity index (χ0n) is 8.61. The molecular formula is C13H14N2. The Morgan fingerprint density at radius 2 is 1.87 bits per heavy atom. The Hall–Kier alpha value is -1.41. The zero-order chi connectivity index (χ0) is 10.3. The number of nitrogens with two attached hydrogens (primary N) is 1. The number of benzene rings is 1. The molecule has 2 nitrogen and oxygen atoms in total. The summed E-state index contributed by atoms with van der Waals surface area (Å²) in [6.45, 7) is 0. The van der Waals surface area contributed by atoms with E-state index in [1.165, 1.54) is 11.8 Å². The molecule has 15 heavy (non-hydrogen) atoms. The number of para-hydroxylation sites is 1. The number of aromatic nitrogens is 1. The van der Waals surface area contributed by atoms with Crippen LogP contribution in [0.2, 0.25) is 0 Å². The summed E-state index contributed by atoms with van der Waals surface area (Å²) in [7, 11) is 0. The van der Waals surface area contributed by atoms with Gasteiger partial charge in [-0.3, -0.25) is 4.98 Å². The summed E-state index contributed by atoms with van der Waals surface area (Å²) in [5, 5.41) is 1.18. The number of hydrogen-bond acceptors (Lipinski definition) is 2.